The first-order valence-corrected chi connectivity index (χ1v) is 9.43. The number of fused-ring (bicyclic) bond motifs is 1. The van der Waals surface area contributed by atoms with Crippen molar-refractivity contribution in [3.8, 4) is 0 Å². The van der Waals surface area contributed by atoms with Crippen molar-refractivity contribution in [2.24, 2.45) is 0 Å². The molecule has 124 valence electrons. The second kappa shape index (κ2) is 7.56. The number of benzene rings is 2. The van der Waals surface area contributed by atoms with Crippen molar-refractivity contribution < 1.29 is 4.79 Å². The number of hydrogen-bond acceptors (Lipinski definition) is 2. The molecule has 0 bridgehead atoms. The van der Waals surface area contributed by atoms with Gasteiger partial charge in [0.1, 0.15) is 4.88 Å². The highest BCUT2D eigenvalue weighted by Gasteiger charge is 2.17. The first-order chi connectivity index (χ1) is 11.6. The van der Waals surface area contributed by atoms with Gasteiger partial charge in [0.15, 0.2) is 0 Å². The number of nitrogens with one attached hydrogen (secondary N) is 1. The highest BCUT2D eigenvalue weighted by molar-refractivity contribution is 7.21. The fourth-order valence-electron chi connectivity index (χ4n) is 2.51. The molecule has 0 unspecified atom stereocenters. The van der Waals surface area contributed by atoms with Gasteiger partial charge in [0.05, 0.1) is 5.02 Å². The highest BCUT2D eigenvalue weighted by atomic mass is 35.5. The summed E-state index contributed by atoms with van der Waals surface area (Å²) >= 11 is 13.7. The molecule has 2 nitrogen and oxygen atoms in total. The number of aryl methyl sites for hydroxylation is 1. The maximum atomic E-state index is 12.5. The van der Waals surface area contributed by atoms with Crippen LogP contribution in [0, 0.1) is 0 Å². The zero-order valence-electron chi connectivity index (χ0n) is 13.2. The molecule has 3 aromatic rings. The zero-order chi connectivity index (χ0) is 17.1. The topological polar surface area (TPSA) is 29.1 Å². The van der Waals surface area contributed by atoms with Crippen LogP contribution in [0.25, 0.3) is 10.1 Å². The van der Waals surface area contributed by atoms with Crippen molar-refractivity contribution in [3.63, 3.8) is 0 Å². The van der Waals surface area contributed by atoms with Gasteiger partial charge in [-0.15, -0.1) is 11.3 Å². The number of rotatable bonds is 5. The Kier molecular flexibility index (Phi) is 5.44. The van der Waals surface area contributed by atoms with E-state index in [1.165, 1.54) is 29.7 Å². The fourth-order valence-corrected chi connectivity index (χ4v) is 4.20. The van der Waals surface area contributed by atoms with Crippen LogP contribution in [0.15, 0.2) is 42.5 Å². The van der Waals surface area contributed by atoms with E-state index in [1.54, 1.807) is 6.07 Å². The Hall–Kier alpha value is -1.55. The van der Waals surface area contributed by atoms with Crippen molar-refractivity contribution in [1.29, 1.82) is 0 Å². The molecule has 1 N–H and O–H groups in total. The monoisotopic (exact) mass is 377 g/mol. The molecule has 0 spiro atoms. The molecule has 0 aliphatic carbocycles. The van der Waals surface area contributed by atoms with E-state index in [2.05, 4.69) is 24.4 Å². The van der Waals surface area contributed by atoms with Gasteiger partial charge in [-0.3, -0.25) is 4.79 Å². The van der Waals surface area contributed by atoms with Crippen molar-refractivity contribution in [1.82, 2.24) is 0 Å². The van der Waals surface area contributed by atoms with Gasteiger partial charge in [-0.1, -0.05) is 54.7 Å². The molecule has 0 atom stereocenters. The van der Waals surface area contributed by atoms with Gasteiger partial charge in [-0.25, -0.2) is 0 Å². The average molecular weight is 378 g/mol. The summed E-state index contributed by atoms with van der Waals surface area (Å²) in [4.78, 5) is 13.0. The molecule has 1 heterocycles. The van der Waals surface area contributed by atoms with Crippen LogP contribution in [0.4, 0.5) is 5.69 Å². The van der Waals surface area contributed by atoms with Crippen molar-refractivity contribution in [3.05, 3.63) is 63.0 Å². The highest BCUT2D eigenvalue weighted by Crippen LogP contribution is 2.37. The molecule has 0 aliphatic rings. The van der Waals surface area contributed by atoms with E-state index in [4.69, 9.17) is 23.2 Å². The maximum absolute atomic E-state index is 12.5. The Morgan fingerprint density at radius 1 is 1.12 bits per heavy atom. The van der Waals surface area contributed by atoms with Crippen LogP contribution in [0.1, 0.15) is 35.0 Å². The minimum absolute atomic E-state index is 0.196. The number of halogens is 2. The lowest BCUT2D eigenvalue weighted by atomic mass is 10.1. The van der Waals surface area contributed by atoms with Crippen LogP contribution in [0.2, 0.25) is 10.0 Å². The molecule has 3 rings (SSSR count). The first kappa shape index (κ1) is 17.3. The number of thiophene rings is 1. The molecule has 0 aliphatic heterocycles. The Labute approximate surface area is 155 Å². The van der Waals surface area contributed by atoms with Gasteiger partial charge in [0, 0.05) is 20.8 Å². The third-order valence-electron chi connectivity index (χ3n) is 3.83. The van der Waals surface area contributed by atoms with Crippen molar-refractivity contribution in [2.75, 3.05) is 5.32 Å². The largest absolute Gasteiger partial charge is 0.321 e. The predicted octanol–water partition coefficient (Wildman–Crippen LogP) is 6.80. The number of unbranched alkanes of at least 4 members (excludes halogenated alkanes) is 1. The van der Waals surface area contributed by atoms with E-state index in [0.717, 1.165) is 22.2 Å². The minimum Gasteiger partial charge on any atom is -0.321 e. The van der Waals surface area contributed by atoms with Gasteiger partial charge < -0.3 is 5.32 Å². The van der Waals surface area contributed by atoms with Crippen LogP contribution >= 0.6 is 34.5 Å². The standard InChI is InChI=1S/C19H17Cl2NOS/c1-2-3-4-12-5-8-14(9-6-12)22-19(23)18-17(21)15-10-7-13(20)11-16(15)24-18/h5-11H,2-4H2,1H3,(H,22,23). The quantitative estimate of drug-likeness (QED) is 0.520. The smallest absolute Gasteiger partial charge is 0.267 e. The van der Waals surface area contributed by atoms with E-state index in [1.807, 2.05) is 24.3 Å². The molecule has 0 fully saturated rings. The Bertz CT molecular complexity index is 871. The normalized spacial score (nSPS) is 11.0. The van der Waals surface area contributed by atoms with Gasteiger partial charge >= 0.3 is 0 Å². The van der Waals surface area contributed by atoms with Crippen LogP contribution in [0.5, 0.6) is 0 Å². The molecular weight excluding hydrogens is 361 g/mol. The predicted molar refractivity (Wildman–Crippen MR) is 105 cm³/mol. The Morgan fingerprint density at radius 2 is 1.88 bits per heavy atom. The molecule has 1 amide bonds. The lowest BCUT2D eigenvalue weighted by molar-refractivity contribution is 0.103. The van der Waals surface area contributed by atoms with E-state index in [-0.39, 0.29) is 5.91 Å². The van der Waals surface area contributed by atoms with Crippen LogP contribution in [0.3, 0.4) is 0 Å². The first-order valence-electron chi connectivity index (χ1n) is 7.86. The van der Waals surface area contributed by atoms with E-state index in [9.17, 15) is 4.79 Å². The van der Waals surface area contributed by atoms with Gasteiger partial charge in [0.2, 0.25) is 0 Å². The lowest BCUT2D eigenvalue weighted by Gasteiger charge is -2.06. The van der Waals surface area contributed by atoms with Crippen LogP contribution < -0.4 is 5.32 Å². The zero-order valence-corrected chi connectivity index (χ0v) is 15.6. The van der Waals surface area contributed by atoms with E-state index in [0.29, 0.717) is 14.9 Å². The number of carbonyl (C=O) groups excluding carboxylic acids is 1. The summed E-state index contributed by atoms with van der Waals surface area (Å²) in [5, 5.41) is 4.87. The summed E-state index contributed by atoms with van der Waals surface area (Å²) < 4.78 is 0.910. The lowest BCUT2D eigenvalue weighted by Crippen LogP contribution is -2.10. The molecule has 0 radical (unpaired) electrons. The summed E-state index contributed by atoms with van der Waals surface area (Å²) in [5.41, 5.74) is 2.05. The number of amides is 1. The molecule has 0 saturated heterocycles. The van der Waals surface area contributed by atoms with Gasteiger partial charge in [-0.2, -0.15) is 0 Å². The Balaban J connectivity index is 1.78. The maximum Gasteiger partial charge on any atom is 0.267 e. The van der Waals surface area contributed by atoms with Gasteiger partial charge in [-0.05, 0) is 42.7 Å². The number of hydrogen-bond donors (Lipinski definition) is 1. The van der Waals surface area contributed by atoms with Crippen molar-refractivity contribution in [2.45, 2.75) is 26.2 Å². The summed E-state index contributed by atoms with van der Waals surface area (Å²) in [5.74, 6) is -0.196. The summed E-state index contributed by atoms with van der Waals surface area (Å²) in [6.07, 6.45) is 3.41. The van der Waals surface area contributed by atoms with Crippen LogP contribution in [-0.4, -0.2) is 5.91 Å². The number of carbonyl (C=O) groups is 1. The molecule has 2 aromatic carbocycles. The van der Waals surface area contributed by atoms with Crippen molar-refractivity contribution >= 4 is 56.2 Å². The van der Waals surface area contributed by atoms with E-state index >= 15 is 0 Å². The Morgan fingerprint density at radius 3 is 2.58 bits per heavy atom. The minimum atomic E-state index is -0.196. The fraction of sp³-hybridized carbons (Fsp3) is 0.211. The second-order valence-corrected chi connectivity index (χ2v) is 7.51. The average Bonchev–Trinajstić information content (AvgIpc) is 2.90. The SMILES string of the molecule is CCCCc1ccc(NC(=O)c2sc3cc(Cl)ccc3c2Cl)cc1. The second-order valence-electron chi connectivity index (χ2n) is 5.64. The number of anilines is 1. The molecule has 5 heteroatoms. The summed E-state index contributed by atoms with van der Waals surface area (Å²) in [6.45, 7) is 2.18. The summed E-state index contributed by atoms with van der Waals surface area (Å²) in [7, 11) is 0. The molecule has 1 aromatic heterocycles. The summed E-state index contributed by atoms with van der Waals surface area (Å²) in [6, 6.07) is 13.4. The van der Waals surface area contributed by atoms with Crippen LogP contribution in [-0.2, 0) is 6.42 Å². The third-order valence-corrected chi connectivity index (χ3v) is 5.72. The third kappa shape index (κ3) is 3.75. The molecular formula is C19H17Cl2NOS. The van der Waals surface area contributed by atoms with Gasteiger partial charge in [0.25, 0.3) is 5.91 Å². The molecule has 0 saturated carbocycles. The molecule has 24 heavy (non-hydrogen) atoms. The van der Waals surface area contributed by atoms with E-state index < -0.39 is 0 Å².